The molecule has 0 aromatic heterocycles. The summed E-state index contributed by atoms with van der Waals surface area (Å²) in [6.07, 6.45) is 0. The molecule has 0 N–H and O–H groups in total. The van der Waals surface area contributed by atoms with E-state index in [1.165, 1.54) is 22.3 Å². The van der Waals surface area contributed by atoms with Gasteiger partial charge in [-0.3, -0.25) is 0 Å². The smallest absolute Gasteiger partial charge is 0.0591 e. The van der Waals surface area contributed by atoms with Crippen molar-refractivity contribution in [3.8, 4) is 0 Å². The minimum atomic E-state index is -0.205. The molecule has 0 aliphatic carbocycles. The van der Waals surface area contributed by atoms with Gasteiger partial charge in [0.1, 0.15) is 0 Å². The molecule has 134 valence electrons. The molecule has 0 aliphatic heterocycles. The van der Waals surface area contributed by atoms with Gasteiger partial charge in [0.15, 0.2) is 0 Å². The van der Waals surface area contributed by atoms with E-state index in [1.54, 1.807) is 0 Å². The lowest BCUT2D eigenvalue weighted by Crippen LogP contribution is -2.21. The molecule has 27 heavy (non-hydrogen) atoms. The van der Waals surface area contributed by atoms with Crippen molar-refractivity contribution in [1.82, 2.24) is 0 Å². The predicted molar refractivity (Wildman–Crippen MR) is 120 cm³/mol. The Hall–Kier alpha value is -2.69. The maximum Gasteiger partial charge on any atom is 0.0591 e. The van der Waals surface area contributed by atoms with Crippen molar-refractivity contribution in [2.24, 2.45) is 0 Å². The second-order valence-corrected chi connectivity index (χ2v) is 7.43. The molecular formula is C26H25P. The van der Waals surface area contributed by atoms with E-state index in [9.17, 15) is 0 Å². The largest absolute Gasteiger partial charge is 0.117 e. The van der Waals surface area contributed by atoms with E-state index in [0.717, 1.165) is 0 Å². The first-order valence-electron chi connectivity index (χ1n) is 9.18. The van der Waals surface area contributed by atoms with Crippen molar-refractivity contribution >= 4 is 9.24 Å². The zero-order valence-electron chi connectivity index (χ0n) is 15.6. The molecule has 1 heteroatoms. The summed E-state index contributed by atoms with van der Waals surface area (Å²) in [5.41, 5.74) is 5.16. The quantitative estimate of drug-likeness (QED) is 0.274. The Kier molecular flexibility index (Phi) is 6.58. The molecule has 0 nitrogen and oxygen atoms in total. The van der Waals surface area contributed by atoms with Crippen LogP contribution in [-0.2, 0) is 5.16 Å². The molecule has 0 amide bonds. The standard InChI is InChI=1S/C19H17P.C7H8/c20-19(16-10-4-1-5-11-16,17-12-6-2-7-13-17)18-14-8-3-9-15-18;1-7-5-3-2-4-6-7/h1-15H,20H2;2-6H,1H3. The lowest BCUT2D eigenvalue weighted by Gasteiger charge is -2.31. The molecule has 0 spiro atoms. The highest BCUT2D eigenvalue weighted by Crippen LogP contribution is 2.44. The van der Waals surface area contributed by atoms with Crippen LogP contribution in [0.5, 0.6) is 0 Å². The van der Waals surface area contributed by atoms with Gasteiger partial charge >= 0.3 is 0 Å². The van der Waals surface area contributed by atoms with Crippen molar-refractivity contribution in [2.75, 3.05) is 0 Å². The average molecular weight is 368 g/mol. The SMILES string of the molecule is Cc1ccccc1.PC(c1ccccc1)(c1ccccc1)c1ccccc1. The molecule has 4 aromatic rings. The fourth-order valence-corrected chi connectivity index (χ4v) is 3.71. The third-order valence-corrected chi connectivity index (χ3v) is 5.63. The number of benzene rings is 4. The van der Waals surface area contributed by atoms with Gasteiger partial charge in [0.25, 0.3) is 0 Å². The van der Waals surface area contributed by atoms with E-state index in [0.29, 0.717) is 0 Å². The van der Waals surface area contributed by atoms with Gasteiger partial charge in [-0.1, -0.05) is 127 Å². The molecule has 0 aliphatic rings. The van der Waals surface area contributed by atoms with Crippen molar-refractivity contribution in [3.05, 3.63) is 144 Å². The van der Waals surface area contributed by atoms with E-state index in [4.69, 9.17) is 0 Å². The average Bonchev–Trinajstić information content (AvgIpc) is 2.76. The zero-order valence-corrected chi connectivity index (χ0v) is 16.8. The summed E-state index contributed by atoms with van der Waals surface area (Å²) in [6, 6.07) is 42.2. The van der Waals surface area contributed by atoms with E-state index in [-0.39, 0.29) is 5.16 Å². The van der Waals surface area contributed by atoms with Gasteiger partial charge in [-0.2, -0.15) is 0 Å². The molecule has 0 fully saturated rings. The van der Waals surface area contributed by atoms with Gasteiger partial charge in [-0.25, -0.2) is 0 Å². The monoisotopic (exact) mass is 368 g/mol. The first-order valence-corrected chi connectivity index (χ1v) is 9.76. The van der Waals surface area contributed by atoms with Gasteiger partial charge in [-0.05, 0) is 23.6 Å². The molecule has 0 saturated heterocycles. The van der Waals surface area contributed by atoms with Gasteiger partial charge < -0.3 is 0 Å². The molecule has 1 atom stereocenters. The normalized spacial score (nSPS) is 10.6. The Morgan fingerprint density at radius 2 is 0.704 bits per heavy atom. The topological polar surface area (TPSA) is 0 Å². The van der Waals surface area contributed by atoms with E-state index in [2.05, 4.69) is 119 Å². The second-order valence-electron chi connectivity index (χ2n) is 6.56. The third-order valence-electron chi connectivity index (χ3n) is 4.63. The highest BCUT2D eigenvalue weighted by atomic mass is 31.0. The predicted octanol–water partition coefficient (Wildman–Crippen LogP) is 6.85. The lowest BCUT2D eigenvalue weighted by molar-refractivity contribution is 0.897. The molecule has 1 unspecified atom stereocenters. The van der Waals surface area contributed by atoms with Crippen LogP contribution in [0, 0.1) is 6.92 Å². The summed E-state index contributed by atoms with van der Waals surface area (Å²) < 4.78 is 0. The summed E-state index contributed by atoms with van der Waals surface area (Å²) in [7, 11) is 3.06. The number of rotatable bonds is 3. The van der Waals surface area contributed by atoms with Gasteiger partial charge in [0, 0.05) is 0 Å². The maximum absolute atomic E-state index is 3.06. The molecule has 4 rings (SSSR count). The summed E-state index contributed by atoms with van der Waals surface area (Å²) in [5, 5.41) is -0.205. The molecule has 4 aromatic carbocycles. The van der Waals surface area contributed by atoms with E-state index >= 15 is 0 Å². The molecule has 0 bridgehead atoms. The Morgan fingerprint density at radius 3 is 0.926 bits per heavy atom. The van der Waals surface area contributed by atoms with Crippen LogP contribution in [0.15, 0.2) is 121 Å². The van der Waals surface area contributed by atoms with Crippen LogP contribution in [0.4, 0.5) is 0 Å². The van der Waals surface area contributed by atoms with Crippen LogP contribution in [0.2, 0.25) is 0 Å². The van der Waals surface area contributed by atoms with E-state index < -0.39 is 0 Å². The van der Waals surface area contributed by atoms with Crippen molar-refractivity contribution in [3.63, 3.8) is 0 Å². The number of hydrogen-bond acceptors (Lipinski definition) is 0. The Morgan fingerprint density at radius 1 is 0.444 bits per heavy atom. The number of hydrogen-bond donors (Lipinski definition) is 0. The number of aryl methyl sites for hydroxylation is 1. The fraction of sp³-hybridized carbons (Fsp3) is 0.0769. The maximum atomic E-state index is 3.06. The van der Waals surface area contributed by atoms with Crippen LogP contribution in [0.3, 0.4) is 0 Å². The minimum Gasteiger partial charge on any atom is -0.117 e. The molecule has 0 saturated carbocycles. The fourth-order valence-electron chi connectivity index (χ4n) is 3.14. The Bertz CT molecular complexity index is 820. The third kappa shape index (κ3) is 4.73. The Balaban J connectivity index is 0.000000253. The molecular weight excluding hydrogens is 343 g/mol. The summed E-state index contributed by atoms with van der Waals surface area (Å²) in [4.78, 5) is 0. The minimum absolute atomic E-state index is 0.205. The summed E-state index contributed by atoms with van der Waals surface area (Å²) in [5.74, 6) is 0. The first kappa shape index (κ1) is 19.1. The van der Waals surface area contributed by atoms with Crippen molar-refractivity contribution in [2.45, 2.75) is 12.1 Å². The summed E-state index contributed by atoms with van der Waals surface area (Å²) >= 11 is 0. The van der Waals surface area contributed by atoms with E-state index in [1.807, 2.05) is 18.2 Å². The van der Waals surface area contributed by atoms with Crippen LogP contribution in [-0.4, -0.2) is 0 Å². The second kappa shape index (κ2) is 9.31. The highest BCUT2D eigenvalue weighted by molar-refractivity contribution is 7.19. The molecule has 0 heterocycles. The van der Waals surface area contributed by atoms with Crippen LogP contribution >= 0.6 is 9.24 Å². The van der Waals surface area contributed by atoms with Crippen LogP contribution in [0.1, 0.15) is 22.3 Å². The highest BCUT2D eigenvalue weighted by Gasteiger charge is 2.30. The van der Waals surface area contributed by atoms with Crippen LogP contribution < -0.4 is 0 Å². The van der Waals surface area contributed by atoms with Crippen LogP contribution in [0.25, 0.3) is 0 Å². The van der Waals surface area contributed by atoms with Gasteiger partial charge in [-0.15, -0.1) is 9.24 Å². The lowest BCUT2D eigenvalue weighted by atomic mass is 9.84. The molecule has 0 radical (unpaired) electrons. The van der Waals surface area contributed by atoms with Gasteiger partial charge in [0.2, 0.25) is 0 Å². The van der Waals surface area contributed by atoms with Gasteiger partial charge in [0.05, 0.1) is 5.16 Å². The van der Waals surface area contributed by atoms with Crippen molar-refractivity contribution < 1.29 is 0 Å². The zero-order chi connectivity index (χ0) is 19.0. The first-order chi connectivity index (χ1) is 13.2. The van der Waals surface area contributed by atoms with Crippen molar-refractivity contribution in [1.29, 1.82) is 0 Å². The Labute approximate surface area is 165 Å². The summed E-state index contributed by atoms with van der Waals surface area (Å²) in [6.45, 7) is 2.08.